The van der Waals surface area contributed by atoms with E-state index in [0.717, 1.165) is 11.1 Å². The van der Waals surface area contributed by atoms with Gasteiger partial charge in [0.2, 0.25) is 5.91 Å². The van der Waals surface area contributed by atoms with Crippen molar-refractivity contribution in [2.45, 2.75) is 19.3 Å². The molecule has 1 heterocycles. The smallest absolute Gasteiger partial charge is 0.325 e. The van der Waals surface area contributed by atoms with Crippen molar-refractivity contribution in [2.24, 2.45) is 0 Å². The van der Waals surface area contributed by atoms with Gasteiger partial charge < -0.3 is 5.32 Å². The number of anilines is 1. The third-order valence-electron chi connectivity index (χ3n) is 3.13. The highest BCUT2D eigenvalue weighted by Crippen LogP contribution is 2.31. The summed E-state index contributed by atoms with van der Waals surface area (Å²) in [5.41, 5.74) is 2.07. The highest BCUT2D eigenvalue weighted by Gasteiger charge is 2.34. The van der Waals surface area contributed by atoms with Gasteiger partial charge in [-0.15, -0.1) is 11.8 Å². The number of nitrogens with one attached hydrogen (secondary N) is 1. The van der Waals surface area contributed by atoms with E-state index in [1.54, 1.807) is 18.2 Å². The fraction of sp³-hybridized carbons (Fsp3) is 0.429. The molecule has 1 aromatic rings. The number of nitrogens with zero attached hydrogens (tertiary/aromatic N) is 2. The topological polar surface area (TPSA) is 56.1 Å². The maximum absolute atomic E-state index is 12.5. The highest BCUT2D eigenvalue weighted by molar-refractivity contribution is 8.00. The number of alkyl halides is 3. The number of hydrogen-bond acceptors (Lipinski definition) is 4. The lowest BCUT2D eigenvalue weighted by Crippen LogP contribution is -2.30. The summed E-state index contributed by atoms with van der Waals surface area (Å²) in [6.07, 6.45) is -4.24. The zero-order chi connectivity index (χ0) is 16.2. The Morgan fingerprint density at radius 2 is 2.18 bits per heavy atom. The Hall–Kier alpha value is -1.72. The van der Waals surface area contributed by atoms with Gasteiger partial charge in [-0.05, 0) is 17.2 Å². The Balaban J connectivity index is 2.01. The van der Waals surface area contributed by atoms with E-state index in [4.69, 9.17) is 5.26 Å². The molecule has 1 aliphatic rings. The summed E-state index contributed by atoms with van der Waals surface area (Å²) in [5, 5.41) is 11.1. The standard InChI is InChI=1S/C14H14F3N3OS/c15-14(16,17)9-20-6-10-2-1-3-12(11(10)7-20)19-13(21)8-22-5-4-18/h1-3H,5-9H2,(H,19,21). The van der Waals surface area contributed by atoms with E-state index in [1.165, 1.54) is 16.7 Å². The fourth-order valence-corrected chi connectivity index (χ4v) is 2.80. The van der Waals surface area contributed by atoms with Crippen LogP contribution in [0.25, 0.3) is 0 Å². The predicted molar refractivity (Wildman–Crippen MR) is 78.2 cm³/mol. The molecule has 1 aromatic carbocycles. The van der Waals surface area contributed by atoms with Gasteiger partial charge in [0, 0.05) is 18.8 Å². The van der Waals surface area contributed by atoms with Crippen LogP contribution in [0.1, 0.15) is 11.1 Å². The summed E-state index contributed by atoms with van der Waals surface area (Å²) in [5.74, 6) is 0.103. The Kier molecular flexibility index (Phi) is 5.32. The molecule has 0 radical (unpaired) electrons. The number of halogens is 3. The lowest BCUT2D eigenvalue weighted by Gasteiger charge is -2.17. The zero-order valence-corrected chi connectivity index (χ0v) is 12.4. The van der Waals surface area contributed by atoms with Crippen LogP contribution >= 0.6 is 11.8 Å². The van der Waals surface area contributed by atoms with Crippen molar-refractivity contribution in [1.82, 2.24) is 4.90 Å². The maximum Gasteiger partial charge on any atom is 0.401 e. The number of carbonyl (C=O) groups is 1. The summed E-state index contributed by atoms with van der Waals surface area (Å²) in [7, 11) is 0. The van der Waals surface area contributed by atoms with Gasteiger partial charge in [-0.1, -0.05) is 12.1 Å². The number of benzene rings is 1. The van der Waals surface area contributed by atoms with Crippen LogP contribution in [-0.4, -0.2) is 35.0 Å². The van der Waals surface area contributed by atoms with Gasteiger partial charge in [0.15, 0.2) is 0 Å². The first-order valence-corrected chi connectivity index (χ1v) is 7.69. The van der Waals surface area contributed by atoms with Crippen molar-refractivity contribution in [3.8, 4) is 6.07 Å². The van der Waals surface area contributed by atoms with Crippen LogP contribution in [0.5, 0.6) is 0 Å². The molecule has 0 aliphatic carbocycles. The van der Waals surface area contributed by atoms with Crippen LogP contribution in [0.15, 0.2) is 18.2 Å². The van der Waals surface area contributed by atoms with Crippen molar-refractivity contribution in [3.63, 3.8) is 0 Å². The number of hydrogen-bond donors (Lipinski definition) is 1. The largest absolute Gasteiger partial charge is 0.401 e. The first kappa shape index (κ1) is 16.6. The molecule has 4 nitrogen and oxygen atoms in total. The molecule has 0 bridgehead atoms. The second kappa shape index (κ2) is 7.03. The van der Waals surface area contributed by atoms with Gasteiger partial charge in [0.05, 0.1) is 24.1 Å². The molecule has 8 heteroatoms. The van der Waals surface area contributed by atoms with E-state index in [9.17, 15) is 18.0 Å². The number of carbonyl (C=O) groups excluding carboxylic acids is 1. The quantitative estimate of drug-likeness (QED) is 0.844. The molecule has 0 aromatic heterocycles. The molecule has 0 saturated heterocycles. The van der Waals surface area contributed by atoms with Gasteiger partial charge in [0.1, 0.15) is 0 Å². The molecule has 22 heavy (non-hydrogen) atoms. The van der Waals surface area contributed by atoms with Crippen LogP contribution in [0.4, 0.5) is 18.9 Å². The zero-order valence-electron chi connectivity index (χ0n) is 11.6. The number of rotatable bonds is 5. The average Bonchev–Trinajstić information content (AvgIpc) is 2.80. The lowest BCUT2D eigenvalue weighted by atomic mass is 10.1. The lowest BCUT2D eigenvalue weighted by molar-refractivity contribution is -0.147. The van der Waals surface area contributed by atoms with E-state index in [0.29, 0.717) is 5.69 Å². The molecule has 0 fully saturated rings. The first-order valence-electron chi connectivity index (χ1n) is 6.53. The predicted octanol–water partition coefficient (Wildman–Crippen LogP) is 2.76. The van der Waals surface area contributed by atoms with Gasteiger partial charge >= 0.3 is 6.18 Å². The molecular formula is C14H14F3N3OS. The van der Waals surface area contributed by atoms with E-state index in [-0.39, 0.29) is 30.5 Å². The summed E-state index contributed by atoms with van der Waals surface area (Å²) in [6, 6.07) is 7.10. The van der Waals surface area contributed by atoms with Crippen LogP contribution in [0, 0.1) is 11.3 Å². The normalized spacial score (nSPS) is 14.5. The Morgan fingerprint density at radius 1 is 1.41 bits per heavy atom. The van der Waals surface area contributed by atoms with Gasteiger partial charge in [-0.2, -0.15) is 18.4 Å². The second-order valence-corrected chi connectivity index (χ2v) is 5.89. The SMILES string of the molecule is N#CCSCC(=O)Nc1cccc2c1CN(CC(F)(F)F)C2. The van der Waals surface area contributed by atoms with E-state index in [1.807, 2.05) is 6.07 Å². The number of thioether (sulfide) groups is 1. The second-order valence-electron chi connectivity index (χ2n) is 4.90. The minimum atomic E-state index is -4.24. The molecule has 1 amide bonds. The van der Waals surface area contributed by atoms with Gasteiger partial charge in [0.25, 0.3) is 0 Å². The summed E-state index contributed by atoms with van der Waals surface area (Å²) in [4.78, 5) is 13.1. The van der Waals surface area contributed by atoms with Gasteiger partial charge in [-0.25, -0.2) is 0 Å². The van der Waals surface area contributed by atoms with Crippen LogP contribution in [0.3, 0.4) is 0 Å². The molecule has 1 N–H and O–H groups in total. The maximum atomic E-state index is 12.5. The summed E-state index contributed by atoms with van der Waals surface area (Å²) >= 11 is 1.19. The monoisotopic (exact) mass is 329 g/mol. The molecule has 2 rings (SSSR count). The minimum absolute atomic E-state index is 0.142. The molecule has 0 spiro atoms. The number of nitriles is 1. The molecular weight excluding hydrogens is 315 g/mol. The van der Waals surface area contributed by atoms with Crippen LogP contribution in [-0.2, 0) is 17.9 Å². The minimum Gasteiger partial charge on any atom is -0.325 e. The Bertz CT molecular complexity index is 598. The highest BCUT2D eigenvalue weighted by atomic mass is 32.2. The third kappa shape index (κ3) is 4.64. The van der Waals surface area contributed by atoms with E-state index in [2.05, 4.69) is 5.32 Å². The molecule has 1 aliphatic heterocycles. The summed E-state index contributed by atoms with van der Waals surface area (Å²) in [6.45, 7) is -0.578. The third-order valence-corrected chi connectivity index (χ3v) is 3.92. The molecule has 0 saturated carbocycles. The fourth-order valence-electron chi connectivity index (χ4n) is 2.35. The van der Waals surface area contributed by atoms with Crippen LogP contribution < -0.4 is 5.32 Å². The van der Waals surface area contributed by atoms with Gasteiger partial charge in [-0.3, -0.25) is 9.69 Å². The van der Waals surface area contributed by atoms with Crippen molar-refractivity contribution >= 4 is 23.4 Å². The van der Waals surface area contributed by atoms with Crippen molar-refractivity contribution in [2.75, 3.05) is 23.4 Å². The Morgan fingerprint density at radius 3 is 2.86 bits per heavy atom. The van der Waals surface area contributed by atoms with E-state index < -0.39 is 12.7 Å². The van der Waals surface area contributed by atoms with E-state index >= 15 is 0 Å². The first-order chi connectivity index (χ1) is 10.4. The van der Waals surface area contributed by atoms with Crippen molar-refractivity contribution in [1.29, 1.82) is 5.26 Å². The average molecular weight is 329 g/mol. The number of amides is 1. The summed E-state index contributed by atoms with van der Waals surface area (Å²) < 4.78 is 37.4. The molecule has 0 unspecified atom stereocenters. The Labute approximate surface area is 130 Å². The number of fused-ring (bicyclic) bond motifs is 1. The van der Waals surface area contributed by atoms with Crippen LogP contribution in [0.2, 0.25) is 0 Å². The molecule has 0 atom stereocenters. The molecule has 118 valence electrons. The van der Waals surface area contributed by atoms with Crippen molar-refractivity contribution in [3.05, 3.63) is 29.3 Å². The van der Waals surface area contributed by atoms with Crippen molar-refractivity contribution < 1.29 is 18.0 Å².